The van der Waals surface area contributed by atoms with E-state index in [1.807, 2.05) is 51.1 Å². The van der Waals surface area contributed by atoms with Crippen LogP contribution in [0, 0.1) is 0 Å². The van der Waals surface area contributed by atoms with Crippen LogP contribution in [0.5, 0.6) is 0 Å². The molecule has 0 radical (unpaired) electrons. The van der Waals surface area contributed by atoms with Crippen molar-refractivity contribution >= 4 is 51.6 Å². The van der Waals surface area contributed by atoms with Gasteiger partial charge in [0.25, 0.3) is 0 Å². The molecule has 0 saturated carbocycles. The minimum Gasteiger partial charge on any atom is -0.356 e. The molecule has 2 rings (SSSR count). The van der Waals surface area contributed by atoms with Crippen LogP contribution >= 0.6 is 35.6 Å². The third-order valence-electron chi connectivity index (χ3n) is 4.02. The fourth-order valence-corrected chi connectivity index (χ4v) is 4.68. The molecule has 0 heterocycles. The molecule has 0 aliphatic rings. The van der Waals surface area contributed by atoms with Gasteiger partial charge < -0.3 is 10.6 Å². The van der Waals surface area contributed by atoms with Crippen molar-refractivity contribution < 1.29 is 8.42 Å². The minimum absolute atomic E-state index is 0. The normalized spacial score (nSPS) is 12.2. The number of nitrogens with zero attached hydrogens (tertiary/aromatic N) is 1. The van der Waals surface area contributed by atoms with Crippen LogP contribution in [-0.4, -0.2) is 33.5 Å². The Morgan fingerprint density at radius 1 is 1.00 bits per heavy atom. The van der Waals surface area contributed by atoms with Gasteiger partial charge in [-0.15, -0.1) is 24.0 Å². The molecule has 0 fully saturated rings. The van der Waals surface area contributed by atoms with Crippen LogP contribution in [0.2, 0.25) is 5.02 Å². The van der Waals surface area contributed by atoms with Crippen LogP contribution in [0.4, 0.5) is 0 Å². The first-order valence-electron chi connectivity index (χ1n) is 9.42. The highest BCUT2D eigenvalue weighted by molar-refractivity contribution is 14.0. The lowest BCUT2D eigenvalue weighted by Gasteiger charge is -2.22. The first-order valence-corrected chi connectivity index (χ1v) is 11.3. The molecule has 6 nitrogen and oxygen atoms in total. The van der Waals surface area contributed by atoms with E-state index in [1.54, 1.807) is 25.2 Å². The van der Waals surface area contributed by atoms with Gasteiger partial charge in [0.15, 0.2) is 5.96 Å². The highest BCUT2D eigenvalue weighted by Crippen LogP contribution is 2.18. The first-order chi connectivity index (χ1) is 13.6. The smallest absolute Gasteiger partial charge is 0.241 e. The standard InChI is InChI=1S/C21H29ClN4O2S.HI/c1-21(2,3)26-29(27,28)19-12-8-6-10-17(19)15-25-20(23-4)24-14-13-16-9-5-7-11-18(16)22;/h5-12,26H,13-15H2,1-4H3,(H2,23,24,25);1H. The number of halogens is 2. The van der Waals surface area contributed by atoms with Crippen molar-refractivity contribution in [1.29, 1.82) is 0 Å². The van der Waals surface area contributed by atoms with Crippen molar-refractivity contribution in [3.8, 4) is 0 Å². The second-order valence-corrected chi connectivity index (χ2v) is 9.72. The van der Waals surface area contributed by atoms with E-state index in [-0.39, 0.29) is 28.9 Å². The van der Waals surface area contributed by atoms with Gasteiger partial charge in [-0.25, -0.2) is 13.1 Å². The van der Waals surface area contributed by atoms with Crippen molar-refractivity contribution in [1.82, 2.24) is 15.4 Å². The molecule has 0 spiro atoms. The Balaban J connectivity index is 0.00000450. The molecule has 2 aromatic rings. The summed E-state index contributed by atoms with van der Waals surface area (Å²) in [5.41, 5.74) is 1.16. The Morgan fingerprint density at radius 3 is 2.20 bits per heavy atom. The van der Waals surface area contributed by atoms with E-state index >= 15 is 0 Å². The lowest BCUT2D eigenvalue weighted by molar-refractivity contribution is 0.491. The summed E-state index contributed by atoms with van der Waals surface area (Å²) in [6, 6.07) is 14.7. The molecule has 3 N–H and O–H groups in total. The summed E-state index contributed by atoms with van der Waals surface area (Å²) in [6.45, 7) is 6.42. The number of nitrogens with one attached hydrogen (secondary N) is 3. The second kappa shape index (κ2) is 11.9. The van der Waals surface area contributed by atoms with Gasteiger partial charge in [0, 0.05) is 30.7 Å². The van der Waals surface area contributed by atoms with Crippen molar-refractivity contribution in [2.45, 2.75) is 44.2 Å². The summed E-state index contributed by atoms with van der Waals surface area (Å²) < 4.78 is 28.2. The van der Waals surface area contributed by atoms with Gasteiger partial charge in [0.1, 0.15) is 0 Å². The third-order valence-corrected chi connectivity index (χ3v) is 6.24. The average Bonchev–Trinajstić information content (AvgIpc) is 2.64. The van der Waals surface area contributed by atoms with Gasteiger partial charge in [-0.3, -0.25) is 4.99 Å². The highest BCUT2D eigenvalue weighted by atomic mass is 127. The maximum Gasteiger partial charge on any atom is 0.241 e. The van der Waals surface area contributed by atoms with E-state index in [1.165, 1.54) is 0 Å². The lowest BCUT2D eigenvalue weighted by Crippen LogP contribution is -2.41. The molecule has 0 unspecified atom stereocenters. The Bertz CT molecular complexity index is 959. The number of hydrogen-bond donors (Lipinski definition) is 3. The molecule has 2 aromatic carbocycles. The molecule has 0 amide bonds. The van der Waals surface area contributed by atoms with Crippen LogP contribution in [-0.2, 0) is 23.0 Å². The molecule has 0 bridgehead atoms. The molecule has 0 saturated heterocycles. The Morgan fingerprint density at radius 2 is 1.60 bits per heavy atom. The first kappa shape index (κ1) is 26.7. The summed E-state index contributed by atoms with van der Waals surface area (Å²) in [6.07, 6.45) is 0.751. The molecule has 0 aliphatic heterocycles. The van der Waals surface area contributed by atoms with Crippen molar-refractivity contribution in [2.24, 2.45) is 4.99 Å². The van der Waals surface area contributed by atoms with E-state index in [0.717, 1.165) is 17.0 Å². The van der Waals surface area contributed by atoms with Gasteiger partial charge >= 0.3 is 0 Å². The fraction of sp³-hybridized carbons (Fsp3) is 0.381. The van der Waals surface area contributed by atoms with Gasteiger partial charge in [-0.1, -0.05) is 48.0 Å². The third kappa shape index (κ3) is 8.41. The van der Waals surface area contributed by atoms with Gasteiger partial charge in [0.2, 0.25) is 10.0 Å². The van der Waals surface area contributed by atoms with E-state index in [2.05, 4.69) is 20.3 Å². The number of benzene rings is 2. The van der Waals surface area contributed by atoms with E-state index < -0.39 is 15.6 Å². The molecule has 9 heteroatoms. The van der Waals surface area contributed by atoms with Crippen LogP contribution < -0.4 is 15.4 Å². The number of rotatable bonds is 7. The van der Waals surface area contributed by atoms with Gasteiger partial charge in [0.05, 0.1) is 4.90 Å². The topological polar surface area (TPSA) is 82.6 Å². The summed E-state index contributed by atoms with van der Waals surface area (Å²) in [5.74, 6) is 0.591. The number of sulfonamides is 1. The van der Waals surface area contributed by atoms with Crippen molar-refractivity contribution in [3.05, 3.63) is 64.7 Å². The average molecular weight is 565 g/mol. The molecule has 0 atom stereocenters. The van der Waals surface area contributed by atoms with Crippen LogP contribution in [0.1, 0.15) is 31.9 Å². The molecule has 0 aliphatic carbocycles. The second-order valence-electron chi connectivity index (χ2n) is 7.66. The zero-order valence-corrected chi connectivity index (χ0v) is 21.6. The van der Waals surface area contributed by atoms with E-state index in [0.29, 0.717) is 24.6 Å². The Hall–Kier alpha value is -1.36. The van der Waals surface area contributed by atoms with Crippen LogP contribution in [0.3, 0.4) is 0 Å². The van der Waals surface area contributed by atoms with E-state index in [9.17, 15) is 8.42 Å². The quantitative estimate of drug-likeness (QED) is 0.270. The zero-order valence-electron chi connectivity index (χ0n) is 17.7. The maximum absolute atomic E-state index is 12.7. The lowest BCUT2D eigenvalue weighted by atomic mass is 10.1. The fourth-order valence-electron chi connectivity index (χ4n) is 2.79. The zero-order chi connectivity index (χ0) is 21.5. The summed E-state index contributed by atoms with van der Waals surface area (Å²) in [4.78, 5) is 4.46. The van der Waals surface area contributed by atoms with Crippen LogP contribution in [0.25, 0.3) is 0 Å². The van der Waals surface area contributed by atoms with E-state index in [4.69, 9.17) is 11.6 Å². The van der Waals surface area contributed by atoms with Crippen LogP contribution in [0.15, 0.2) is 58.4 Å². The van der Waals surface area contributed by atoms with Gasteiger partial charge in [-0.05, 0) is 50.5 Å². The number of guanidine groups is 1. The van der Waals surface area contributed by atoms with Crippen molar-refractivity contribution in [3.63, 3.8) is 0 Å². The maximum atomic E-state index is 12.7. The number of aliphatic imine (C=N–C) groups is 1. The molecule has 30 heavy (non-hydrogen) atoms. The highest BCUT2D eigenvalue weighted by Gasteiger charge is 2.24. The summed E-state index contributed by atoms with van der Waals surface area (Å²) in [7, 11) is -1.95. The summed E-state index contributed by atoms with van der Waals surface area (Å²) >= 11 is 6.18. The Kier molecular flexibility index (Phi) is 10.6. The Labute approximate surface area is 202 Å². The SMILES string of the molecule is CN=C(NCCc1ccccc1Cl)NCc1ccccc1S(=O)(=O)NC(C)(C)C.I. The molecular formula is C21H30ClIN4O2S. The minimum atomic E-state index is -3.63. The largest absolute Gasteiger partial charge is 0.356 e. The van der Waals surface area contributed by atoms with Gasteiger partial charge in [-0.2, -0.15) is 0 Å². The predicted octanol–water partition coefficient (Wildman–Crippen LogP) is 3.94. The predicted molar refractivity (Wildman–Crippen MR) is 135 cm³/mol. The molecular weight excluding hydrogens is 535 g/mol. The summed E-state index contributed by atoms with van der Waals surface area (Å²) in [5, 5.41) is 7.14. The molecule has 0 aromatic heterocycles. The number of hydrogen-bond acceptors (Lipinski definition) is 3. The molecule has 166 valence electrons. The monoisotopic (exact) mass is 564 g/mol. The van der Waals surface area contributed by atoms with Crippen molar-refractivity contribution in [2.75, 3.05) is 13.6 Å².